The minimum absolute atomic E-state index is 0.203. The van der Waals surface area contributed by atoms with Gasteiger partial charge in [0.1, 0.15) is 0 Å². The van der Waals surface area contributed by atoms with Crippen LogP contribution >= 0.6 is 0 Å². The van der Waals surface area contributed by atoms with Crippen molar-refractivity contribution in [2.45, 2.75) is 52.4 Å². The van der Waals surface area contributed by atoms with Crippen molar-refractivity contribution in [3.8, 4) is 11.1 Å². The lowest BCUT2D eigenvalue weighted by Gasteiger charge is -2.17. The second kappa shape index (κ2) is 4.40. The zero-order valence-corrected chi connectivity index (χ0v) is 14.0. The molecule has 108 valence electrons. The van der Waals surface area contributed by atoms with E-state index in [1.54, 1.807) is 0 Å². The molecular weight excluding hydrogens is 252 g/mol. The Morgan fingerprint density at radius 1 is 0.619 bits per heavy atom. The molecule has 0 aromatic heterocycles. The first kappa shape index (κ1) is 14.3. The SMILES string of the molecule is CC(C)(C)c1ccc2c(c1)[CH+]c1cc(C(C)(C)C)ccc1-2. The Morgan fingerprint density at radius 2 is 1.00 bits per heavy atom. The summed E-state index contributed by atoms with van der Waals surface area (Å²) in [5.74, 6) is 0. The number of hydrogen-bond acceptors (Lipinski definition) is 0. The molecule has 0 N–H and O–H groups in total. The summed E-state index contributed by atoms with van der Waals surface area (Å²) in [4.78, 5) is 0. The van der Waals surface area contributed by atoms with E-state index in [9.17, 15) is 0 Å². The second-order valence-corrected chi connectivity index (χ2v) is 8.25. The van der Waals surface area contributed by atoms with Crippen LogP contribution in [0.1, 0.15) is 63.8 Å². The summed E-state index contributed by atoms with van der Waals surface area (Å²) in [5, 5.41) is 0. The van der Waals surface area contributed by atoms with Crippen molar-refractivity contribution < 1.29 is 0 Å². The third-order valence-corrected chi connectivity index (χ3v) is 4.44. The van der Waals surface area contributed by atoms with E-state index >= 15 is 0 Å². The van der Waals surface area contributed by atoms with Crippen molar-refractivity contribution >= 4 is 0 Å². The van der Waals surface area contributed by atoms with Gasteiger partial charge in [-0.2, -0.15) is 0 Å². The summed E-state index contributed by atoms with van der Waals surface area (Å²) in [6.07, 6.45) is 2.34. The Hall–Kier alpha value is -1.69. The van der Waals surface area contributed by atoms with Gasteiger partial charge in [-0.25, -0.2) is 0 Å². The van der Waals surface area contributed by atoms with Gasteiger partial charge in [0.25, 0.3) is 0 Å². The van der Waals surface area contributed by atoms with E-state index in [2.05, 4.69) is 84.4 Å². The van der Waals surface area contributed by atoms with Crippen molar-refractivity contribution in [3.05, 3.63) is 65.1 Å². The highest BCUT2D eigenvalue weighted by Gasteiger charge is 2.30. The summed E-state index contributed by atoms with van der Waals surface area (Å²) >= 11 is 0. The molecule has 0 saturated carbocycles. The largest absolute Gasteiger partial charge is 0.0888 e. The maximum absolute atomic E-state index is 2.35. The van der Waals surface area contributed by atoms with Gasteiger partial charge in [0.15, 0.2) is 0 Å². The van der Waals surface area contributed by atoms with Crippen molar-refractivity contribution in [3.63, 3.8) is 0 Å². The van der Waals surface area contributed by atoms with Crippen molar-refractivity contribution in [2.24, 2.45) is 0 Å². The molecule has 1 aliphatic rings. The third kappa shape index (κ3) is 2.48. The fraction of sp³-hybridized carbons (Fsp3) is 0.381. The predicted octanol–water partition coefficient (Wildman–Crippen LogP) is 5.86. The van der Waals surface area contributed by atoms with Crippen molar-refractivity contribution in [1.29, 1.82) is 0 Å². The van der Waals surface area contributed by atoms with E-state index in [-0.39, 0.29) is 10.8 Å². The molecule has 1 aliphatic carbocycles. The first-order valence-electron chi connectivity index (χ1n) is 7.80. The zero-order chi connectivity index (χ0) is 15.4. The minimum atomic E-state index is 0.203. The fourth-order valence-electron chi connectivity index (χ4n) is 2.96. The number of hydrogen-bond donors (Lipinski definition) is 0. The Bertz CT molecular complexity index is 629. The molecule has 0 heterocycles. The highest BCUT2D eigenvalue weighted by Crippen LogP contribution is 2.41. The maximum Gasteiger partial charge on any atom is 0.0888 e. The van der Waals surface area contributed by atoms with Gasteiger partial charge < -0.3 is 0 Å². The molecule has 0 fully saturated rings. The molecule has 2 aromatic rings. The van der Waals surface area contributed by atoms with Gasteiger partial charge in [-0.3, -0.25) is 0 Å². The summed E-state index contributed by atoms with van der Waals surface area (Å²) in [6, 6.07) is 13.8. The molecule has 0 aliphatic heterocycles. The summed E-state index contributed by atoms with van der Waals surface area (Å²) in [6.45, 7) is 13.6. The lowest BCUT2D eigenvalue weighted by Crippen LogP contribution is -2.11. The molecule has 0 heteroatoms. The number of benzene rings is 2. The summed E-state index contributed by atoms with van der Waals surface area (Å²) < 4.78 is 0. The highest BCUT2D eigenvalue weighted by molar-refractivity contribution is 5.81. The van der Waals surface area contributed by atoms with E-state index in [0.717, 1.165) is 0 Å². The predicted molar refractivity (Wildman–Crippen MR) is 91.8 cm³/mol. The first-order valence-corrected chi connectivity index (χ1v) is 7.80. The zero-order valence-electron chi connectivity index (χ0n) is 14.0. The van der Waals surface area contributed by atoms with Crippen LogP contribution in [0.15, 0.2) is 36.4 Å². The molecule has 0 atom stereocenters. The summed E-state index contributed by atoms with van der Waals surface area (Å²) in [7, 11) is 0. The first-order chi connectivity index (χ1) is 9.66. The van der Waals surface area contributed by atoms with Gasteiger partial charge in [-0.1, -0.05) is 41.5 Å². The molecule has 2 aromatic carbocycles. The highest BCUT2D eigenvalue weighted by atomic mass is 14.3. The second-order valence-electron chi connectivity index (χ2n) is 8.25. The quantitative estimate of drug-likeness (QED) is 0.451. The Balaban J connectivity index is 2.06. The third-order valence-electron chi connectivity index (χ3n) is 4.44. The van der Waals surface area contributed by atoms with Gasteiger partial charge in [-0.15, -0.1) is 0 Å². The lowest BCUT2D eigenvalue weighted by atomic mass is 9.85. The molecule has 0 nitrogen and oxygen atoms in total. The van der Waals surface area contributed by atoms with Gasteiger partial charge >= 0.3 is 0 Å². The van der Waals surface area contributed by atoms with Crippen molar-refractivity contribution in [2.75, 3.05) is 0 Å². The molecule has 3 rings (SSSR count). The number of fused-ring (bicyclic) bond motifs is 3. The molecule has 0 bridgehead atoms. The monoisotopic (exact) mass is 277 g/mol. The Kier molecular flexibility index (Phi) is 2.99. The van der Waals surface area contributed by atoms with Crippen LogP contribution in [-0.4, -0.2) is 0 Å². The molecule has 0 radical (unpaired) electrons. The Labute approximate surface area is 129 Å². The van der Waals surface area contributed by atoms with Gasteiger partial charge in [0.2, 0.25) is 0 Å². The molecule has 21 heavy (non-hydrogen) atoms. The molecular formula is C21H25+. The van der Waals surface area contributed by atoms with Gasteiger partial charge in [0.05, 0.1) is 22.3 Å². The van der Waals surface area contributed by atoms with Crippen LogP contribution in [0.5, 0.6) is 0 Å². The van der Waals surface area contributed by atoms with E-state index in [1.807, 2.05) is 0 Å². The molecule has 0 spiro atoms. The van der Waals surface area contributed by atoms with Crippen molar-refractivity contribution in [1.82, 2.24) is 0 Å². The summed E-state index contributed by atoms with van der Waals surface area (Å²) in [5.41, 5.74) is 8.69. The van der Waals surface area contributed by atoms with Crippen LogP contribution in [-0.2, 0) is 10.8 Å². The van der Waals surface area contributed by atoms with Crippen LogP contribution in [0.3, 0.4) is 0 Å². The lowest BCUT2D eigenvalue weighted by molar-refractivity contribution is 0.590. The van der Waals surface area contributed by atoms with E-state index in [0.29, 0.717) is 0 Å². The average Bonchev–Trinajstić information content (AvgIpc) is 2.73. The Morgan fingerprint density at radius 3 is 1.33 bits per heavy atom. The van der Waals surface area contributed by atoms with E-state index in [1.165, 1.54) is 33.4 Å². The van der Waals surface area contributed by atoms with Crippen LogP contribution in [0.25, 0.3) is 11.1 Å². The van der Waals surface area contributed by atoms with E-state index in [4.69, 9.17) is 0 Å². The van der Waals surface area contributed by atoms with Gasteiger partial charge in [-0.05, 0) is 46.2 Å². The normalized spacial score (nSPS) is 13.6. The van der Waals surface area contributed by atoms with Crippen LogP contribution < -0.4 is 0 Å². The maximum atomic E-state index is 2.35. The van der Waals surface area contributed by atoms with Crippen LogP contribution in [0.2, 0.25) is 0 Å². The van der Waals surface area contributed by atoms with Crippen LogP contribution in [0, 0.1) is 6.42 Å². The smallest absolute Gasteiger partial charge is 0.0554 e. The standard InChI is InChI=1S/C21H25/c1-20(2,3)16-7-9-18-14(12-16)11-15-13-17(21(4,5)6)8-10-19(15)18/h7-13H,1-6H3/q+1. The van der Waals surface area contributed by atoms with Crippen LogP contribution in [0.4, 0.5) is 0 Å². The topological polar surface area (TPSA) is 0 Å². The fourth-order valence-corrected chi connectivity index (χ4v) is 2.96. The minimum Gasteiger partial charge on any atom is -0.0554 e. The molecule has 0 unspecified atom stereocenters. The van der Waals surface area contributed by atoms with Gasteiger partial charge in [0, 0.05) is 18.6 Å². The van der Waals surface area contributed by atoms with E-state index < -0.39 is 0 Å². The molecule has 0 amide bonds. The number of rotatable bonds is 0. The average molecular weight is 277 g/mol. The molecule has 0 saturated heterocycles.